The second kappa shape index (κ2) is 6.52. The number of rotatable bonds is 4. The van der Waals surface area contributed by atoms with Crippen LogP contribution < -0.4 is 0 Å². The van der Waals surface area contributed by atoms with Crippen molar-refractivity contribution in [2.45, 2.75) is 39.2 Å². The van der Waals surface area contributed by atoms with Gasteiger partial charge in [-0.1, -0.05) is 26.0 Å². The lowest BCUT2D eigenvalue weighted by Crippen LogP contribution is -2.33. The predicted octanol–water partition coefficient (Wildman–Crippen LogP) is 3.72. The van der Waals surface area contributed by atoms with Gasteiger partial charge in [-0.2, -0.15) is 0 Å². The van der Waals surface area contributed by atoms with Gasteiger partial charge in [-0.25, -0.2) is 9.37 Å². The Kier molecular flexibility index (Phi) is 4.46. The first-order valence-electron chi connectivity index (χ1n) is 8.04. The molecule has 0 unspecified atom stereocenters. The molecule has 1 amide bonds. The highest BCUT2D eigenvalue weighted by atomic mass is 19.1. The first-order valence-corrected chi connectivity index (χ1v) is 8.04. The van der Waals surface area contributed by atoms with Crippen LogP contribution in [0, 0.1) is 11.7 Å². The van der Waals surface area contributed by atoms with E-state index in [1.807, 2.05) is 24.8 Å². The van der Waals surface area contributed by atoms with Crippen LogP contribution in [0.5, 0.6) is 0 Å². The van der Waals surface area contributed by atoms with Gasteiger partial charge in [0, 0.05) is 18.9 Å². The minimum Gasteiger partial charge on any atom is -0.443 e. The van der Waals surface area contributed by atoms with Crippen LogP contribution in [0.1, 0.15) is 49.9 Å². The zero-order valence-corrected chi connectivity index (χ0v) is 13.5. The predicted molar refractivity (Wildman–Crippen MR) is 84.2 cm³/mol. The molecule has 0 saturated carbocycles. The lowest BCUT2D eigenvalue weighted by molar-refractivity contribution is -0.135. The molecule has 4 nitrogen and oxygen atoms in total. The average molecular weight is 316 g/mol. The summed E-state index contributed by atoms with van der Waals surface area (Å²) in [6.45, 7) is 4.56. The van der Waals surface area contributed by atoms with Gasteiger partial charge in [0.1, 0.15) is 17.6 Å². The summed E-state index contributed by atoms with van der Waals surface area (Å²) >= 11 is 0. The van der Waals surface area contributed by atoms with E-state index < -0.39 is 0 Å². The molecule has 122 valence electrons. The Bertz CT molecular complexity index is 696. The Hall–Kier alpha value is -2.17. The molecule has 0 radical (unpaired) electrons. The number of nitrogens with zero attached hydrogens (tertiary/aromatic N) is 2. The highest BCUT2D eigenvalue weighted by molar-refractivity contribution is 5.78. The highest BCUT2D eigenvalue weighted by Gasteiger charge is 2.34. The van der Waals surface area contributed by atoms with Gasteiger partial charge >= 0.3 is 0 Å². The van der Waals surface area contributed by atoms with Crippen molar-refractivity contribution < 1.29 is 13.6 Å². The zero-order valence-electron chi connectivity index (χ0n) is 13.5. The van der Waals surface area contributed by atoms with Crippen molar-refractivity contribution in [3.63, 3.8) is 0 Å². The quantitative estimate of drug-likeness (QED) is 0.863. The molecule has 2 aromatic rings. The second-order valence-corrected chi connectivity index (χ2v) is 6.32. The number of benzene rings is 1. The molecule has 1 aliphatic heterocycles. The van der Waals surface area contributed by atoms with Gasteiger partial charge in [0.15, 0.2) is 0 Å². The molecule has 23 heavy (non-hydrogen) atoms. The van der Waals surface area contributed by atoms with Crippen molar-refractivity contribution in [3.8, 4) is 0 Å². The third-order valence-electron chi connectivity index (χ3n) is 4.15. The lowest BCUT2D eigenvalue weighted by atomic mass is 10.1. The summed E-state index contributed by atoms with van der Waals surface area (Å²) in [6, 6.07) is 6.37. The van der Waals surface area contributed by atoms with Crippen molar-refractivity contribution in [2.24, 2.45) is 5.92 Å². The Morgan fingerprint density at radius 3 is 3.04 bits per heavy atom. The Morgan fingerprint density at radius 1 is 1.48 bits per heavy atom. The molecule has 0 N–H and O–H groups in total. The molecule has 0 aliphatic carbocycles. The molecule has 0 bridgehead atoms. The van der Waals surface area contributed by atoms with E-state index in [1.54, 1.807) is 12.3 Å². The van der Waals surface area contributed by atoms with E-state index in [2.05, 4.69) is 4.98 Å². The van der Waals surface area contributed by atoms with Crippen LogP contribution in [0.15, 0.2) is 34.9 Å². The number of oxazole rings is 1. The third-order valence-corrected chi connectivity index (χ3v) is 4.15. The molecule has 2 heterocycles. The van der Waals surface area contributed by atoms with E-state index in [0.29, 0.717) is 18.1 Å². The van der Waals surface area contributed by atoms with E-state index in [9.17, 15) is 9.18 Å². The van der Waals surface area contributed by atoms with Crippen LogP contribution >= 0.6 is 0 Å². The first kappa shape index (κ1) is 15.7. The molecule has 5 heteroatoms. The van der Waals surface area contributed by atoms with Crippen LogP contribution in [0.2, 0.25) is 0 Å². The summed E-state index contributed by atoms with van der Waals surface area (Å²) in [4.78, 5) is 18.5. The second-order valence-electron chi connectivity index (χ2n) is 6.32. The largest absolute Gasteiger partial charge is 0.443 e. The highest BCUT2D eigenvalue weighted by Crippen LogP contribution is 2.33. The van der Waals surface area contributed by atoms with E-state index in [-0.39, 0.29) is 23.7 Å². The number of amides is 1. The van der Waals surface area contributed by atoms with Gasteiger partial charge in [0.2, 0.25) is 11.8 Å². The fourth-order valence-corrected chi connectivity index (χ4v) is 3.03. The molecule has 1 atom stereocenters. The van der Waals surface area contributed by atoms with Gasteiger partial charge in [-0.05, 0) is 30.5 Å². The van der Waals surface area contributed by atoms with Crippen molar-refractivity contribution in [3.05, 3.63) is 53.5 Å². The molecule has 0 spiro atoms. The number of carbonyl (C=O) groups is 1. The van der Waals surface area contributed by atoms with Crippen LogP contribution in [0.4, 0.5) is 4.39 Å². The summed E-state index contributed by atoms with van der Waals surface area (Å²) < 4.78 is 19.1. The molecule has 1 aliphatic rings. The topological polar surface area (TPSA) is 46.3 Å². The fourth-order valence-electron chi connectivity index (χ4n) is 3.03. The molecule has 1 aromatic heterocycles. The van der Waals surface area contributed by atoms with Gasteiger partial charge in [-0.15, -0.1) is 0 Å². The van der Waals surface area contributed by atoms with Gasteiger partial charge in [0.25, 0.3) is 0 Å². The summed E-state index contributed by atoms with van der Waals surface area (Å²) in [5, 5.41) is 0. The van der Waals surface area contributed by atoms with E-state index in [4.69, 9.17) is 4.42 Å². The number of hydrogen-bond acceptors (Lipinski definition) is 3. The van der Waals surface area contributed by atoms with Crippen LogP contribution in [0.25, 0.3) is 0 Å². The summed E-state index contributed by atoms with van der Waals surface area (Å²) in [7, 11) is 0. The number of carbonyl (C=O) groups excluding carboxylic acids is 1. The summed E-state index contributed by atoms with van der Waals surface area (Å²) in [5.41, 5.74) is 0.842. The van der Waals surface area contributed by atoms with Crippen molar-refractivity contribution >= 4 is 5.91 Å². The minimum absolute atomic E-state index is 0.0303. The summed E-state index contributed by atoms with van der Waals surface area (Å²) in [6.07, 6.45) is 4.01. The van der Waals surface area contributed by atoms with Crippen molar-refractivity contribution in [2.75, 3.05) is 6.54 Å². The van der Waals surface area contributed by atoms with Crippen molar-refractivity contribution in [1.29, 1.82) is 0 Å². The Morgan fingerprint density at radius 2 is 2.30 bits per heavy atom. The molecular formula is C18H21FN2O2. The molecule has 1 aromatic carbocycles. The monoisotopic (exact) mass is 316 g/mol. The summed E-state index contributed by atoms with van der Waals surface area (Å²) in [5.74, 6) is 1.12. The fraction of sp³-hybridized carbons (Fsp3) is 0.444. The molecule has 1 saturated heterocycles. The number of aromatic nitrogens is 1. The van der Waals surface area contributed by atoms with Gasteiger partial charge < -0.3 is 9.32 Å². The van der Waals surface area contributed by atoms with Gasteiger partial charge in [-0.3, -0.25) is 4.79 Å². The Labute approximate surface area is 135 Å². The van der Waals surface area contributed by atoms with Gasteiger partial charge in [0.05, 0.1) is 6.20 Å². The Balaban J connectivity index is 1.75. The van der Waals surface area contributed by atoms with E-state index >= 15 is 0 Å². The van der Waals surface area contributed by atoms with Crippen molar-refractivity contribution in [1.82, 2.24) is 9.88 Å². The maximum atomic E-state index is 13.2. The van der Waals surface area contributed by atoms with E-state index in [0.717, 1.165) is 24.9 Å². The van der Waals surface area contributed by atoms with Crippen LogP contribution in [-0.4, -0.2) is 22.3 Å². The standard InChI is InChI=1S/C18H21FN2O2/c1-12(2)18(22)21-8-4-7-16(21)17-20-11-15(23-17)10-13-5-3-6-14(19)9-13/h3,5-6,9,11-12,16H,4,7-8,10H2,1-2H3/t16-/m1/s1. The van der Waals surface area contributed by atoms with Crippen LogP contribution in [0.3, 0.4) is 0 Å². The average Bonchev–Trinajstić information content (AvgIpc) is 3.14. The first-order chi connectivity index (χ1) is 11.0. The maximum absolute atomic E-state index is 13.2. The lowest BCUT2D eigenvalue weighted by Gasteiger charge is -2.24. The number of likely N-dealkylation sites (tertiary alicyclic amines) is 1. The SMILES string of the molecule is CC(C)C(=O)N1CCC[C@@H]1c1ncc(Cc2cccc(F)c2)o1. The third kappa shape index (κ3) is 3.44. The number of halogens is 1. The smallest absolute Gasteiger partial charge is 0.225 e. The minimum atomic E-state index is -0.258. The number of hydrogen-bond donors (Lipinski definition) is 0. The molecule has 1 fully saturated rings. The maximum Gasteiger partial charge on any atom is 0.225 e. The van der Waals surface area contributed by atoms with Crippen LogP contribution in [-0.2, 0) is 11.2 Å². The zero-order chi connectivity index (χ0) is 16.4. The van der Waals surface area contributed by atoms with E-state index in [1.165, 1.54) is 12.1 Å². The molecule has 3 rings (SSSR count). The normalized spacial score (nSPS) is 17.9. The molecular weight excluding hydrogens is 295 g/mol.